The number of rotatable bonds is 5. The Morgan fingerprint density at radius 2 is 2.27 bits per heavy atom. The molecule has 88 valence electrons. The van der Waals surface area contributed by atoms with E-state index in [1.165, 1.54) is 0 Å². The average Bonchev–Trinajstić information content (AvgIpc) is 2.15. The molecule has 0 radical (unpaired) electrons. The predicted molar refractivity (Wildman–Crippen MR) is 57.8 cm³/mol. The highest BCUT2D eigenvalue weighted by atomic mass is 16.5. The summed E-state index contributed by atoms with van der Waals surface area (Å²) < 4.78 is 5.31. The fourth-order valence-corrected chi connectivity index (χ4v) is 1.72. The van der Waals surface area contributed by atoms with Gasteiger partial charge in [0.05, 0.1) is 25.4 Å². The molecule has 1 fully saturated rings. The summed E-state index contributed by atoms with van der Waals surface area (Å²) in [5, 5.41) is 9.66. The van der Waals surface area contributed by atoms with E-state index in [2.05, 4.69) is 0 Å². The van der Waals surface area contributed by atoms with Crippen LogP contribution < -0.4 is 0 Å². The van der Waals surface area contributed by atoms with Gasteiger partial charge in [-0.15, -0.1) is 0 Å². The van der Waals surface area contributed by atoms with Crippen molar-refractivity contribution in [2.75, 3.05) is 26.2 Å². The minimum absolute atomic E-state index is 0.141. The first kappa shape index (κ1) is 12.6. The van der Waals surface area contributed by atoms with Crippen LogP contribution in [0.25, 0.3) is 0 Å². The number of Topliss-reactive ketones (excluding diaryl/α,β-unsaturated/α-hetero) is 1. The van der Waals surface area contributed by atoms with Crippen molar-refractivity contribution in [2.45, 2.75) is 38.9 Å². The maximum absolute atomic E-state index is 11.2. The van der Waals surface area contributed by atoms with Gasteiger partial charge in [-0.1, -0.05) is 0 Å². The van der Waals surface area contributed by atoms with Gasteiger partial charge < -0.3 is 9.84 Å². The molecule has 0 aromatic rings. The number of ether oxygens (including phenoxy) is 1. The lowest BCUT2D eigenvalue weighted by Gasteiger charge is -2.27. The van der Waals surface area contributed by atoms with Crippen molar-refractivity contribution in [2.24, 2.45) is 0 Å². The number of carbonyl (C=O) groups is 1. The highest BCUT2D eigenvalue weighted by Crippen LogP contribution is 2.06. The predicted octanol–water partition coefficient (Wildman–Crippen LogP) is 0.437. The van der Waals surface area contributed by atoms with Crippen LogP contribution in [0.15, 0.2) is 0 Å². The van der Waals surface area contributed by atoms with Crippen LogP contribution in [0.5, 0.6) is 0 Å². The number of aliphatic hydroxyl groups is 1. The molecule has 1 rings (SSSR count). The molecule has 1 atom stereocenters. The van der Waals surface area contributed by atoms with E-state index in [4.69, 9.17) is 4.74 Å². The molecular weight excluding hydrogens is 194 g/mol. The molecule has 0 aliphatic carbocycles. The van der Waals surface area contributed by atoms with Gasteiger partial charge in [0.15, 0.2) is 0 Å². The van der Waals surface area contributed by atoms with Crippen LogP contribution in [0.1, 0.15) is 26.7 Å². The van der Waals surface area contributed by atoms with Crippen LogP contribution in [0.4, 0.5) is 0 Å². The van der Waals surface area contributed by atoms with Crippen LogP contribution in [0.2, 0.25) is 0 Å². The third kappa shape index (κ3) is 5.25. The number of nitrogens with zero attached hydrogens (tertiary/aromatic N) is 1. The van der Waals surface area contributed by atoms with E-state index in [1.807, 2.05) is 18.7 Å². The largest absolute Gasteiger partial charge is 0.389 e. The summed E-state index contributed by atoms with van der Waals surface area (Å²) in [6, 6.07) is 0. The van der Waals surface area contributed by atoms with Crippen LogP contribution in [0, 0.1) is 0 Å². The van der Waals surface area contributed by atoms with Gasteiger partial charge in [0.2, 0.25) is 0 Å². The molecule has 1 saturated heterocycles. The summed E-state index contributed by atoms with van der Waals surface area (Å²) in [4.78, 5) is 13.2. The number of piperidine rings is 1. The van der Waals surface area contributed by atoms with E-state index in [0.29, 0.717) is 26.1 Å². The highest BCUT2D eigenvalue weighted by molar-refractivity contribution is 5.81. The lowest BCUT2D eigenvalue weighted by molar-refractivity contribution is -0.122. The Kier molecular flexibility index (Phi) is 5.22. The van der Waals surface area contributed by atoms with Crippen LogP contribution in [-0.2, 0) is 9.53 Å². The Balaban J connectivity index is 2.18. The van der Waals surface area contributed by atoms with Crippen molar-refractivity contribution in [3.05, 3.63) is 0 Å². The Morgan fingerprint density at radius 1 is 1.53 bits per heavy atom. The average molecular weight is 215 g/mol. The van der Waals surface area contributed by atoms with Gasteiger partial charge in [-0.05, 0) is 26.8 Å². The smallest absolute Gasteiger partial charge is 0.146 e. The number of carbonyl (C=O) groups excluding carboxylic acids is 1. The van der Waals surface area contributed by atoms with Crippen molar-refractivity contribution in [3.63, 3.8) is 0 Å². The van der Waals surface area contributed by atoms with E-state index in [9.17, 15) is 9.90 Å². The lowest BCUT2D eigenvalue weighted by Crippen LogP contribution is -2.41. The second-order valence-corrected chi connectivity index (χ2v) is 4.41. The SMILES string of the molecule is CC(C)OCC(O)CN1CCCC(=O)C1. The first-order valence-corrected chi connectivity index (χ1v) is 5.61. The van der Waals surface area contributed by atoms with Crippen LogP contribution >= 0.6 is 0 Å². The Morgan fingerprint density at radius 3 is 2.87 bits per heavy atom. The molecule has 0 aromatic heterocycles. The molecule has 1 aliphatic rings. The molecule has 4 nitrogen and oxygen atoms in total. The van der Waals surface area contributed by atoms with Crippen LogP contribution in [-0.4, -0.2) is 54.2 Å². The van der Waals surface area contributed by atoms with E-state index in [1.54, 1.807) is 0 Å². The summed E-state index contributed by atoms with van der Waals surface area (Å²) in [5.41, 5.74) is 0. The van der Waals surface area contributed by atoms with Crippen molar-refractivity contribution in [3.8, 4) is 0 Å². The van der Waals surface area contributed by atoms with Crippen LogP contribution in [0.3, 0.4) is 0 Å². The number of aliphatic hydroxyl groups excluding tert-OH is 1. The lowest BCUT2D eigenvalue weighted by atomic mass is 10.1. The molecule has 0 bridgehead atoms. The zero-order valence-electron chi connectivity index (χ0n) is 9.61. The van der Waals surface area contributed by atoms with Gasteiger partial charge in [0, 0.05) is 13.0 Å². The molecule has 15 heavy (non-hydrogen) atoms. The Hall–Kier alpha value is -0.450. The second kappa shape index (κ2) is 6.20. The molecule has 0 spiro atoms. The monoisotopic (exact) mass is 215 g/mol. The normalized spacial score (nSPS) is 20.9. The minimum Gasteiger partial charge on any atom is -0.389 e. The van der Waals surface area contributed by atoms with Gasteiger partial charge >= 0.3 is 0 Å². The first-order valence-electron chi connectivity index (χ1n) is 5.61. The summed E-state index contributed by atoms with van der Waals surface area (Å²) in [7, 11) is 0. The van der Waals surface area contributed by atoms with Gasteiger partial charge in [0.1, 0.15) is 5.78 Å². The molecule has 1 aliphatic heterocycles. The number of hydrogen-bond donors (Lipinski definition) is 1. The second-order valence-electron chi connectivity index (χ2n) is 4.41. The van der Waals surface area contributed by atoms with Gasteiger partial charge in [0.25, 0.3) is 0 Å². The topological polar surface area (TPSA) is 49.8 Å². The zero-order chi connectivity index (χ0) is 11.3. The number of hydrogen-bond acceptors (Lipinski definition) is 4. The Labute approximate surface area is 91.2 Å². The molecule has 0 amide bonds. The molecule has 0 aromatic carbocycles. The van der Waals surface area contributed by atoms with E-state index in [0.717, 1.165) is 13.0 Å². The maximum atomic E-state index is 11.2. The molecular formula is C11H21NO3. The standard InChI is InChI=1S/C11H21NO3/c1-9(2)15-8-11(14)7-12-5-3-4-10(13)6-12/h9,11,14H,3-8H2,1-2H3. The summed E-state index contributed by atoms with van der Waals surface area (Å²) in [6.07, 6.45) is 1.26. The molecule has 4 heteroatoms. The van der Waals surface area contributed by atoms with E-state index >= 15 is 0 Å². The molecule has 1 N–H and O–H groups in total. The molecule has 1 unspecified atom stereocenters. The number of ketones is 1. The zero-order valence-corrected chi connectivity index (χ0v) is 9.61. The summed E-state index contributed by atoms with van der Waals surface area (Å²) in [5.74, 6) is 0.276. The van der Waals surface area contributed by atoms with E-state index < -0.39 is 6.10 Å². The van der Waals surface area contributed by atoms with Crippen molar-refractivity contribution < 1.29 is 14.6 Å². The van der Waals surface area contributed by atoms with E-state index in [-0.39, 0.29) is 11.9 Å². The number of likely N-dealkylation sites (tertiary alicyclic amines) is 1. The Bertz CT molecular complexity index is 206. The van der Waals surface area contributed by atoms with Crippen molar-refractivity contribution >= 4 is 5.78 Å². The van der Waals surface area contributed by atoms with Crippen molar-refractivity contribution in [1.82, 2.24) is 4.90 Å². The fraction of sp³-hybridized carbons (Fsp3) is 0.909. The van der Waals surface area contributed by atoms with Gasteiger partial charge in [-0.2, -0.15) is 0 Å². The highest BCUT2D eigenvalue weighted by Gasteiger charge is 2.19. The number of β-amino-alcohol motifs (C(OH)–C–C–N with tert-alkyl or cyclic N) is 1. The maximum Gasteiger partial charge on any atom is 0.146 e. The third-order valence-electron chi connectivity index (χ3n) is 2.42. The first-order chi connectivity index (χ1) is 7.08. The van der Waals surface area contributed by atoms with Crippen molar-refractivity contribution in [1.29, 1.82) is 0 Å². The van der Waals surface area contributed by atoms with Gasteiger partial charge in [-0.25, -0.2) is 0 Å². The van der Waals surface area contributed by atoms with Gasteiger partial charge in [-0.3, -0.25) is 9.69 Å². The fourth-order valence-electron chi connectivity index (χ4n) is 1.72. The minimum atomic E-state index is -0.488. The quantitative estimate of drug-likeness (QED) is 0.723. The molecule has 0 saturated carbocycles. The third-order valence-corrected chi connectivity index (χ3v) is 2.42. The summed E-state index contributed by atoms with van der Waals surface area (Å²) >= 11 is 0. The molecule has 1 heterocycles. The summed E-state index contributed by atoms with van der Waals surface area (Å²) in [6.45, 7) is 6.16.